The fraction of sp³-hybridized carbons (Fsp3) is 0.267. The summed E-state index contributed by atoms with van der Waals surface area (Å²) in [7, 11) is 0. The lowest BCUT2D eigenvalue weighted by Gasteiger charge is -2.30. The number of nitrogens with zero attached hydrogens (tertiary/aromatic N) is 6. The molecule has 1 aliphatic heterocycles. The van der Waals surface area contributed by atoms with Crippen molar-refractivity contribution in [2.24, 2.45) is 0 Å². The molecule has 196 valence electrons. The predicted molar refractivity (Wildman–Crippen MR) is 154 cm³/mol. The van der Waals surface area contributed by atoms with Gasteiger partial charge in [0.2, 0.25) is 0 Å². The molecule has 0 bridgehead atoms. The van der Waals surface area contributed by atoms with Crippen molar-refractivity contribution >= 4 is 39.2 Å². The number of hydrogen-bond acceptors (Lipinski definition) is 9. The van der Waals surface area contributed by atoms with Crippen molar-refractivity contribution in [3.63, 3.8) is 0 Å². The van der Waals surface area contributed by atoms with Crippen LogP contribution in [0.5, 0.6) is 0 Å². The second kappa shape index (κ2) is 10.7. The molecule has 0 saturated carbocycles. The summed E-state index contributed by atoms with van der Waals surface area (Å²) in [6.45, 7) is 7.48. The topological polar surface area (TPSA) is 113 Å². The number of anilines is 2. The van der Waals surface area contributed by atoms with Crippen LogP contribution >= 0.6 is 0 Å². The number of aromatic nitrogens is 5. The van der Waals surface area contributed by atoms with Crippen molar-refractivity contribution < 1.29 is 4.74 Å². The molecule has 2 N–H and O–H groups in total. The largest absolute Gasteiger partial charge is 0.378 e. The summed E-state index contributed by atoms with van der Waals surface area (Å²) >= 11 is 0. The third kappa shape index (κ3) is 4.88. The number of rotatable bonds is 7. The van der Waals surface area contributed by atoms with Crippen LogP contribution < -0.4 is 10.2 Å². The van der Waals surface area contributed by atoms with Crippen molar-refractivity contribution in [1.29, 1.82) is 5.41 Å². The van der Waals surface area contributed by atoms with Crippen molar-refractivity contribution in [1.82, 2.24) is 24.9 Å². The van der Waals surface area contributed by atoms with E-state index in [1.165, 1.54) is 0 Å². The molecule has 1 fully saturated rings. The Bertz CT molecular complexity index is 1680. The van der Waals surface area contributed by atoms with Gasteiger partial charge < -0.3 is 15.0 Å². The minimum atomic E-state index is 0.366. The first-order chi connectivity index (χ1) is 19.1. The van der Waals surface area contributed by atoms with Crippen LogP contribution in [-0.4, -0.2) is 56.9 Å². The molecule has 2 aromatic carbocycles. The summed E-state index contributed by atoms with van der Waals surface area (Å²) in [5, 5.41) is 14.8. The lowest BCUT2D eigenvalue weighted by atomic mass is 9.98. The molecule has 39 heavy (non-hydrogen) atoms. The van der Waals surface area contributed by atoms with Gasteiger partial charge in [0.1, 0.15) is 24.3 Å². The van der Waals surface area contributed by atoms with Gasteiger partial charge in [-0.25, -0.2) is 24.9 Å². The monoisotopic (exact) mass is 518 g/mol. The summed E-state index contributed by atoms with van der Waals surface area (Å²) in [6, 6.07) is 16.2. The van der Waals surface area contributed by atoms with E-state index in [2.05, 4.69) is 42.3 Å². The van der Waals surface area contributed by atoms with Gasteiger partial charge in [0.15, 0.2) is 0 Å². The molecule has 1 saturated heterocycles. The Morgan fingerprint density at radius 3 is 2.64 bits per heavy atom. The molecule has 0 radical (unpaired) electrons. The Kier molecular flexibility index (Phi) is 6.81. The fourth-order valence-electron chi connectivity index (χ4n) is 5.08. The van der Waals surface area contributed by atoms with Crippen molar-refractivity contribution in [3.8, 4) is 0 Å². The Hall–Kier alpha value is -4.50. The normalized spacial score (nSPS) is 13.6. The molecule has 0 amide bonds. The molecule has 0 aliphatic carbocycles. The van der Waals surface area contributed by atoms with Crippen LogP contribution in [0.25, 0.3) is 21.8 Å². The van der Waals surface area contributed by atoms with E-state index in [0.717, 1.165) is 63.2 Å². The molecule has 9 heteroatoms. The Labute approximate surface area is 226 Å². The van der Waals surface area contributed by atoms with Crippen LogP contribution in [0, 0.1) is 12.3 Å². The van der Waals surface area contributed by atoms with Gasteiger partial charge in [0.25, 0.3) is 0 Å². The molecule has 6 rings (SSSR count). The maximum Gasteiger partial charge on any atom is 0.139 e. The number of benzene rings is 2. The molecule has 4 heterocycles. The first-order valence-corrected chi connectivity index (χ1v) is 13.2. The molecule has 3 aromatic heterocycles. The molecule has 0 atom stereocenters. The second-order valence-corrected chi connectivity index (χ2v) is 9.58. The van der Waals surface area contributed by atoms with Gasteiger partial charge in [-0.15, -0.1) is 0 Å². The Morgan fingerprint density at radius 1 is 0.974 bits per heavy atom. The van der Waals surface area contributed by atoms with Crippen LogP contribution in [-0.2, 0) is 17.7 Å². The zero-order valence-electron chi connectivity index (χ0n) is 22.1. The number of pyridine rings is 1. The highest BCUT2D eigenvalue weighted by Crippen LogP contribution is 2.28. The van der Waals surface area contributed by atoms with E-state index >= 15 is 0 Å². The standard InChI is InChI=1S/C30H30N8O/c1-3-24-27(28(31)21-8-9-26-23(15-21)19(2)33-17-35-26)29(36-18-34-24)32-16-22-14-20-6-4-5-7-25(20)37-30(22)38-10-12-39-13-11-38/h4-9,14-15,17-18,31H,3,10-13,16H2,1-2H3,(H,32,34,36). The molecule has 9 nitrogen and oxygen atoms in total. The highest BCUT2D eigenvalue weighted by molar-refractivity contribution is 6.15. The van der Waals surface area contributed by atoms with Crippen LogP contribution in [0.4, 0.5) is 11.6 Å². The summed E-state index contributed by atoms with van der Waals surface area (Å²) < 4.78 is 5.59. The molecular formula is C30H30N8O. The number of fused-ring (bicyclic) bond motifs is 2. The molecule has 1 aliphatic rings. The van der Waals surface area contributed by atoms with Crippen LogP contribution in [0.2, 0.25) is 0 Å². The highest BCUT2D eigenvalue weighted by Gasteiger charge is 2.20. The number of morpholine rings is 1. The van der Waals surface area contributed by atoms with Gasteiger partial charge in [-0.1, -0.05) is 31.2 Å². The third-order valence-electron chi connectivity index (χ3n) is 7.17. The first-order valence-electron chi connectivity index (χ1n) is 13.2. The minimum Gasteiger partial charge on any atom is -0.378 e. The number of nitrogens with one attached hydrogen (secondary N) is 2. The molecule has 0 unspecified atom stereocenters. The van der Waals surface area contributed by atoms with Crippen molar-refractivity contribution in [2.45, 2.75) is 26.8 Å². The van der Waals surface area contributed by atoms with Gasteiger partial charge in [-0.05, 0) is 37.6 Å². The number of ether oxygens (including phenoxy) is 1. The molecule has 5 aromatic rings. The number of para-hydroxylation sites is 1. The predicted octanol–water partition coefficient (Wildman–Crippen LogP) is 4.70. The van der Waals surface area contributed by atoms with Crippen molar-refractivity contribution in [2.75, 3.05) is 36.5 Å². The number of hydrogen-bond donors (Lipinski definition) is 2. The average Bonchev–Trinajstić information content (AvgIpc) is 2.99. The third-order valence-corrected chi connectivity index (χ3v) is 7.17. The van der Waals surface area contributed by atoms with Gasteiger partial charge >= 0.3 is 0 Å². The van der Waals surface area contributed by atoms with Crippen molar-refractivity contribution in [3.05, 3.63) is 89.3 Å². The molecular weight excluding hydrogens is 488 g/mol. The first kappa shape index (κ1) is 24.8. The minimum absolute atomic E-state index is 0.366. The van der Waals surface area contributed by atoms with Gasteiger partial charge in [-0.2, -0.15) is 0 Å². The van der Waals surface area contributed by atoms with E-state index in [1.54, 1.807) is 12.7 Å². The van der Waals surface area contributed by atoms with Crippen LogP contribution in [0.3, 0.4) is 0 Å². The SMILES string of the molecule is CCc1ncnc(NCc2cc3ccccc3nc2N2CCOCC2)c1C(=N)c1ccc2ncnc(C)c2c1. The summed E-state index contributed by atoms with van der Waals surface area (Å²) in [5.74, 6) is 1.59. The Morgan fingerprint density at radius 2 is 1.79 bits per heavy atom. The maximum absolute atomic E-state index is 9.20. The fourth-order valence-corrected chi connectivity index (χ4v) is 5.08. The maximum atomic E-state index is 9.20. The zero-order valence-corrected chi connectivity index (χ0v) is 22.1. The van der Waals surface area contributed by atoms with E-state index in [0.29, 0.717) is 43.3 Å². The highest BCUT2D eigenvalue weighted by atomic mass is 16.5. The lowest BCUT2D eigenvalue weighted by Crippen LogP contribution is -2.37. The van der Waals surface area contributed by atoms with Gasteiger partial charge in [0, 0.05) is 47.2 Å². The van der Waals surface area contributed by atoms with E-state index in [4.69, 9.17) is 9.72 Å². The van der Waals surface area contributed by atoms with Gasteiger partial charge in [0.05, 0.1) is 41.2 Å². The Balaban J connectivity index is 1.37. The summed E-state index contributed by atoms with van der Waals surface area (Å²) in [5.41, 5.74) is 6.45. The van der Waals surface area contributed by atoms with E-state index < -0.39 is 0 Å². The smallest absolute Gasteiger partial charge is 0.139 e. The quantitative estimate of drug-likeness (QED) is 0.298. The van der Waals surface area contributed by atoms with E-state index in [9.17, 15) is 5.41 Å². The van der Waals surface area contributed by atoms with Crippen LogP contribution in [0.1, 0.15) is 35.0 Å². The lowest BCUT2D eigenvalue weighted by molar-refractivity contribution is 0.122. The summed E-state index contributed by atoms with van der Waals surface area (Å²) in [6.07, 6.45) is 3.82. The van der Waals surface area contributed by atoms with Gasteiger partial charge in [-0.3, -0.25) is 5.41 Å². The number of aryl methyl sites for hydroxylation is 2. The van der Waals surface area contributed by atoms with E-state index in [1.807, 2.05) is 50.2 Å². The van der Waals surface area contributed by atoms with Crippen LogP contribution in [0.15, 0.2) is 61.2 Å². The van der Waals surface area contributed by atoms with E-state index in [-0.39, 0.29) is 0 Å². The average molecular weight is 519 g/mol. The zero-order chi connectivity index (χ0) is 26.8. The summed E-state index contributed by atoms with van der Waals surface area (Å²) in [4.78, 5) is 25.1. The molecule has 0 spiro atoms. The second-order valence-electron chi connectivity index (χ2n) is 9.58.